The number of hydrogen-bond donors (Lipinski definition) is 0. The van der Waals surface area contributed by atoms with Gasteiger partial charge in [0, 0.05) is 18.7 Å². The van der Waals surface area contributed by atoms with Gasteiger partial charge in [0.2, 0.25) is 0 Å². The van der Waals surface area contributed by atoms with Crippen molar-refractivity contribution in [1.82, 2.24) is 4.90 Å². The number of carbonyl (C=O) groups excluding carboxylic acids is 2. The lowest BCUT2D eigenvalue weighted by Crippen LogP contribution is -2.42. The van der Waals surface area contributed by atoms with Crippen molar-refractivity contribution in [3.05, 3.63) is 88.5 Å². The van der Waals surface area contributed by atoms with Crippen molar-refractivity contribution in [3.8, 4) is 0 Å². The molecule has 2 aliphatic heterocycles. The highest BCUT2D eigenvalue weighted by atomic mass is 32.2. The van der Waals surface area contributed by atoms with Gasteiger partial charge in [-0.25, -0.2) is 4.21 Å². The van der Waals surface area contributed by atoms with Crippen LogP contribution >= 0.6 is 0 Å². The normalized spacial score (nSPS) is 21.6. The highest BCUT2D eigenvalue weighted by Crippen LogP contribution is 2.37. The molecule has 0 bridgehead atoms. The quantitative estimate of drug-likeness (QED) is 0.460. The van der Waals surface area contributed by atoms with Gasteiger partial charge < -0.3 is 9.80 Å². The van der Waals surface area contributed by atoms with Crippen molar-refractivity contribution in [2.45, 2.75) is 50.5 Å². The molecule has 3 atom stereocenters. The molecule has 5 nitrogen and oxygen atoms in total. The van der Waals surface area contributed by atoms with Gasteiger partial charge in [-0.3, -0.25) is 9.59 Å². The second kappa shape index (κ2) is 9.66. The van der Waals surface area contributed by atoms with Crippen LogP contribution in [0.2, 0.25) is 0 Å². The van der Waals surface area contributed by atoms with Gasteiger partial charge in [-0.15, -0.1) is 0 Å². The molecule has 3 unspecified atom stereocenters. The number of carbonyl (C=O) groups is 2. The Morgan fingerprint density at radius 3 is 2.42 bits per heavy atom. The van der Waals surface area contributed by atoms with E-state index in [1.165, 1.54) is 0 Å². The third-order valence-electron chi connectivity index (χ3n) is 7.25. The van der Waals surface area contributed by atoms with Gasteiger partial charge in [0.15, 0.2) is 0 Å². The van der Waals surface area contributed by atoms with E-state index < -0.39 is 10.8 Å². The summed E-state index contributed by atoms with van der Waals surface area (Å²) in [5.41, 5.74) is 4.71. The lowest BCUT2D eigenvalue weighted by Gasteiger charge is -2.35. The predicted octanol–water partition coefficient (Wildman–Crippen LogP) is 5.75. The number of rotatable bonds is 3. The summed E-state index contributed by atoms with van der Waals surface area (Å²) in [4.78, 5) is 32.1. The van der Waals surface area contributed by atoms with Crippen LogP contribution in [0.1, 0.15) is 57.7 Å². The van der Waals surface area contributed by atoms with E-state index in [1.807, 2.05) is 18.7 Å². The van der Waals surface area contributed by atoms with Gasteiger partial charge in [-0.05, 0) is 73.6 Å². The zero-order valence-electron chi connectivity index (χ0n) is 21.3. The molecule has 0 N–H and O–H groups in total. The molecule has 0 saturated carbocycles. The van der Waals surface area contributed by atoms with Gasteiger partial charge in [-0.1, -0.05) is 49.7 Å². The molecule has 0 aliphatic carbocycles. The van der Waals surface area contributed by atoms with Crippen LogP contribution in [0.15, 0.2) is 70.5 Å². The number of anilines is 1. The van der Waals surface area contributed by atoms with Crippen LogP contribution < -0.4 is 4.90 Å². The van der Waals surface area contributed by atoms with Crippen molar-refractivity contribution in [3.63, 3.8) is 0 Å². The van der Waals surface area contributed by atoms with Gasteiger partial charge in [-0.2, -0.15) is 0 Å². The minimum absolute atomic E-state index is 0.0390. The Bertz CT molecular complexity index is 1370. The van der Waals surface area contributed by atoms with Crippen molar-refractivity contribution < 1.29 is 13.8 Å². The standard InChI is InChI=1S/C30H32N2O3S/c1-19-9-10-22(4)24(14-19)18-32-26-15-23(29(33)31-16-20(2)13-21(3)17-31)11-12-28(26)36(35)27-8-6-5-7-25(27)30(32)34/h5-12,14-15,20-21H,13,16-18H2,1-4H3. The van der Waals surface area contributed by atoms with Crippen LogP contribution in [0, 0.1) is 25.7 Å². The Balaban J connectivity index is 1.62. The van der Waals surface area contributed by atoms with E-state index in [2.05, 4.69) is 32.0 Å². The molecule has 0 spiro atoms. The topological polar surface area (TPSA) is 57.7 Å². The van der Waals surface area contributed by atoms with Crippen molar-refractivity contribution in [2.75, 3.05) is 18.0 Å². The maximum Gasteiger partial charge on any atom is 0.259 e. The van der Waals surface area contributed by atoms with Crippen LogP contribution in [0.5, 0.6) is 0 Å². The minimum Gasteiger partial charge on any atom is -0.338 e. The highest BCUT2D eigenvalue weighted by Gasteiger charge is 2.33. The first-order chi connectivity index (χ1) is 17.2. The van der Waals surface area contributed by atoms with Crippen LogP contribution in [-0.4, -0.2) is 34.0 Å². The summed E-state index contributed by atoms with van der Waals surface area (Å²) in [5, 5.41) is 0. The summed E-state index contributed by atoms with van der Waals surface area (Å²) in [6.07, 6.45) is 1.11. The molecule has 5 rings (SSSR count). The molecule has 2 aliphatic rings. The number of hydrogen-bond acceptors (Lipinski definition) is 3. The third kappa shape index (κ3) is 4.50. The first kappa shape index (κ1) is 24.4. The fourth-order valence-corrected chi connectivity index (χ4v) is 6.85. The van der Waals surface area contributed by atoms with E-state index in [4.69, 9.17) is 0 Å². The number of amides is 2. The maximum atomic E-state index is 13.9. The van der Waals surface area contributed by atoms with E-state index in [9.17, 15) is 13.8 Å². The molecular formula is C30H32N2O3S. The number of likely N-dealkylation sites (tertiary alicyclic amines) is 1. The summed E-state index contributed by atoms with van der Waals surface area (Å²) in [7, 11) is -1.54. The Kier molecular flexibility index (Phi) is 6.56. The van der Waals surface area contributed by atoms with Crippen LogP contribution in [0.4, 0.5) is 5.69 Å². The zero-order valence-corrected chi connectivity index (χ0v) is 22.1. The molecule has 6 heteroatoms. The summed E-state index contributed by atoms with van der Waals surface area (Å²) in [6.45, 7) is 10.2. The Labute approximate surface area is 215 Å². The first-order valence-corrected chi connectivity index (χ1v) is 13.7. The second-order valence-corrected chi connectivity index (χ2v) is 11.8. The van der Waals surface area contributed by atoms with E-state index >= 15 is 0 Å². The Hall–Kier alpha value is -3.25. The molecular weight excluding hydrogens is 468 g/mol. The minimum atomic E-state index is -1.54. The van der Waals surface area contributed by atoms with E-state index in [0.717, 1.165) is 36.2 Å². The summed E-state index contributed by atoms with van der Waals surface area (Å²) in [5.74, 6) is 0.650. The van der Waals surface area contributed by atoms with Crippen LogP contribution in [0.3, 0.4) is 0 Å². The smallest absolute Gasteiger partial charge is 0.259 e. The third-order valence-corrected chi connectivity index (χ3v) is 8.75. The molecule has 1 fully saturated rings. The molecule has 186 valence electrons. The number of fused-ring (bicyclic) bond motifs is 2. The largest absolute Gasteiger partial charge is 0.338 e. The zero-order chi connectivity index (χ0) is 25.6. The monoisotopic (exact) mass is 500 g/mol. The number of piperidine rings is 1. The first-order valence-electron chi connectivity index (χ1n) is 12.5. The predicted molar refractivity (Wildman–Crippen MR) is 143 cm³/mol. The molecule has 3 aromatic rings. The lowest BCUT2D eigenvalue weighted by atomic mass is 9.91. The second-order valence-electron chi connectivity index (χ2n) is 10.4. The number of nitrogens with zero attached hydrogens (tertiary/aromatic N) is 2. The molecule has 1 saturated heterocycles. The van der Waals surface area contributed by atoms with E-state index in [1.54, 1.807) is 47.4 Å². The van der Waals surface area contributed by atoms with Gasteiger partial charge in [0.1, 0.15) is 0 Å². The lowest BCUT2D eigenvalue weighted by molar-refractivity contribution is 0.0623. The number of benzene rings is 3. The van der Waals surface area contributed by atoms with E-state index in [-0.39, 0.29) is 11.8 Å². The van der Waals surface area contributed by atoms with Gasteiger partial charge >= 0.3 is 0 Å². The average molecular weight is 501 g/mol. The SMILES string of the molecule is Cc1ccc(C)c(CN2C(=O)c3ccccc3S(=O)c3ccc(C(=O)N4CC(C)CC(C)C4)cc32)c1. The summed E-state index contributed by atoms with van der Waals surface area (Å²) in [6, 6.07) is 18.6. The molecule has 36 heavy (non-hydrogen) atoms. The molecule has 3 aromatic carbocycles. The molecule has 0 aromatic heterocycles. The van der Waals surface area contributed by atoms with Crippen LogP contribution in [0.25, 0.3) is 0 Å². The summed E-state index contributed by atoms with van der Waals surface area (Å²) < 4.78 is 13.7. The van der Waals surface area contributed by atoms with Crippen molar-refractivity contribution in [1.29, 1.82) is 0 Å². The highest BCUT2D eigenvalue weighted by molar-refractivity contribution is 7.85. The molecule has 2 amide bonds. The van der Waals surface area contributed by atoms with E-state index in [0.29, 0.717) is 45.0 Å². The van der Waals surface area contributed by atoms with Crippen LogP contribution in [-0.2, 0) is 17.3 Å². The Morgan fingerprint density at radius 2 is 1.67 bits per heavy atom. The van der Waals surface area contributed by atoms with Crippen molar-refractivity contribution in [2.24, 2.45) is 11.8 Å². The number of aryl methyl sites for hydroxylation is 2. The van der Waals surface area contributed by atoms with Crippen molar-refractivity contribution >= 4 is 28.3 Å². The van der Waals surface area contributed by atoms with Gasteiger partial charge in [0.25, 0.3) is 11.8 Å². The maximum absolute atomic E-state index is 13.9. The average Bonchev–Trinajstić information content (AvgIpc) is 2.94. The van der Waals surface area contributed by atoms with Gasteiger partial charge in [0.05, 0.1) is 38.4 Å². The summed E-state index contributed by atoms with van der Waals surface area (Å²) >= 11 is 0. The molecule has 0 radical (unpaired) electrons. The fourth-order valence-electron chi connectivity index (χ4n) is 5.51. The fraction of sp³-hybridized carbons (Fsp3) is 0.333. The molecule has 2 heterocycles. The Morgan fingerprint density at radius 1 is 0.944 bits per heavy atom.